The van der Waals surface area contributed by atoms with Gasteiger partial charge >= 0.3 is 6.18 Å². The SMILES string of the molecule is CC(=O)NC1Cc2ccc(-n3nc(C(F)(F)F)c4c3CCOC4)cc2C1. The molecule has 0 bridgehead atoms. The van der Waals surface area contributed by atoms with E-state index in [4.69, 9.17) is 4.74 Å². The first-order valence-electron chi connectivity index (χ1n) is 8.48. The molecular formula is C18H18F3N3O2. The number of hydrogen-bond donors (Lipinski definition) is 1. The van der Waals surface area contributed by atoms with Crippen molar-refractivity contribution in [3.63, 3.8) is 0 Å². The van der Waals surface area contributed by atoms with Crippen LogP contribution in [-0.4, -0.2) is 28.3 Å². The number of carbonyl (C=O) groups excluding carboxylic acids is 1. The first kappa shape index (κ1) is 17.1. The third-order valence-electron chi connectivity index (χ3n) is 4.86. The van der Waals surface area contributed by atoms with Crippen LogP contribution in [0.15, 0.2) is 18.2 Å². The van der Waals surface area contributed by atoms with Crippen LogP contribution >= 0.6 is 0 Å². The maximum Gasteiger partial charge on any atom is 0.435 e. The Morgan fingerprint density at radius 1 is 1.31 bits per heavy atom. The van der Waals surface area contributed by atoms with Crippen LogP contribution in [0.4, 0.5) is 13.2 Å². The van der Waals surface area contributed by atoms with E-state index in [1.807, 2.05) is 12.1 Å². The van der Waals surface area contributed by atoms with Crippen LogP contribution in [0.1, 0.15) is 35.0 Å². The number of nitrogens with one attached hydrogen (secondary N) is 1. The van der Waals surface area contributed by atoms with Crippen LogP contribution in [0.3, 0.4) is 0 Å². The zero-order valence-electron chi connectivity index (χ0n) is 14.2. The molecule has 26 heavy (non-hydrogen) atoms. The molecular weight excluding hydrogens is 347 g/mol. The molecule has 1 unspecified atom stereocenters. The van der Waals surface area contributed by atoms with Crippen molar-refractivity contribution >= 4 is 5.91 Å². The lowest BCUT2D eigenvalue weighted by atomic mass is 10.1. The Kier molecular flexibility index (Phi) is 4.02. The van der Waals surface area contributed by atoms with Gasteiger partial charge in [-0.1, -0.05) is 6.07 Å². The van der Waals surface area contributed by atoms with Gasteiger partial charge < -0.3 is 10.1 Å². The van der Waals surface area contributed by atoms with E-state index in [1.54, 1.807) is 6.07 Å². The van der Waals surface area contributed by atoms with E-state index in [1.165, 1.54) is 11.6 Å². The Bertz CT molecular complexity index is 873. The molecule has 2 heterocycles. The van der Waals surface area contributed by atoms with Crippen LogP contribution < -0.4 is 5.32 Å². The normalized spacial score (nSPS) is 19.2. The molecule has 1 aliphatic heterocycles. The Morgan fingerprint density at radius 3 is 2.81 bits per heavy atom. The molecule has 0 saturated heterocycles. The van der Waals surface area contributed by atoms with Gasteiger partial charge in [0.1, 0.15) is 0 Å². The van der Waals surface area contributed by atoms with Gasteiger partial charge in [0.15, 0.2) is 5.69 Å². The van der Waals surface area contributed by atoms with E-state index in [0.29, 0.717) is 30.8 Å². The van der Waals surface area contributed by atoms with E-state index < -0.39 is 11.9 Å². The fraction of sp³-hybridized carbons (Fsp3) is 0.444. The van der Waals surface area contributed by atoms with Crippen molar-refractivity contribution in [2.75, 3.05) is 6.61 Å². The van der Waals surface area contributed by atoms with Crippen molar-refractivity contribution in [1.29, 1.82) is 0 Å². The van der Waals surface area contributed by atoms with Crippen molar-refractivity contribution in [3.8, 4) is 5.69 Å². The number of amides is 1. The fourth-order valence-corrected chi connectivity index (χ4v) is 3.80. The van der Waals surface area contributed by atoms with Crippen LogP contribution in [0.2, 0.25) is 0 Å². The quantitative estimate of drug-likeness (QED) is 0.890. The second-order valence-corrected chi connectivity index (χ2v) is 6.74. The zero-order chi connectivity index (χ0) is 18.5. The van der Waals surface area contributed by atoms with E-state index in [2.05, 4.69) is 10.4 Å². The van der Waals surface area contributed by atoms with Gasteiger partial charge in [0.25, 0.3) is 0 Å². The molecule has 1 aromatic heterocycles. The lowest BCUT2D eigenvalue weighted by molar-refractivity contribution is -0.142. The summed E-state index contributed by atoms with van der Waals surface area (Å²) in [5.41, 5.74) is 2.56. The Morgan fingerprint density at radius 2 is 2.08 bits per heavy atom. The minimum absolute atomic E-state index is 0.0309. The highest BCUT2D eigenvalue weighted by molar-refractivity contribution is 5.73. The van der Waals surface area contributed by atoms with E-state index >= 15 is 0 Å². The molecule has 5 nitrogen and oxygen atoms in total. The van der Waals surface area contributed by atoms with Crippen LogP contribution in [0, 0.1) is 0 Å². The summed E-state index contributed by atoms with van der Waals surface area (Å²) in [5.74, 6) is -0.0843. The second kappa shape index (κ2) is 6.12. The molecule has 0 radical (unpaired) electrons. The number of rotatable bonds is 2. The highest BCUT2D eigenvalue weighted by atomic mass is 19.4. The predicted molar refractivity (Wildman–Crippen MR) is 86.9 cm³/mol. The highest BCUT2D eigenvalue weighted by Gasteiger charge is 2.40. The predicted octanol–water partition coefficient (Wildman–Crippen LogP) is 2.57. The van der Waals surface area contributed by atoms with Gasteiger partial charge in [-0.3, -0.25) is 4.79 Å². The smallest absolute Gasteiger partial charge is 0.376 e. The van der Waals surface area contributed by atoms with Crippen LogP contribution in [0.25, 0.3) is 5.69 Å². The van der Waals surface area contributed by atoms with Gasteiger partial charge in [0.2, 0.25) is 5.91 Å². The lowest BCUT2D eigenvalue weighted by Crippen LogP contribution is -2.33. The minimum Gasteiger partial charge on any atom is -0.376 e. The maximum absolute atomic E-state index is 13.3. The number of ether oxygens (including phenoxy) is 1. The number of nitrogens with zero attached hydrogens (tertiary/aromatic N) is 2. The second-order valence-electron chi connectivity index (χ2n) is 6.74. The molecule has 138 valence electrons. The average molecular weight is 365 g/mol. The standard InChI is InChI=1S/C18H18F3N3O2/c1-10(25)22-13-6-11-2-3-14(8-12(11)7-13)24-16-4-5-26-9-15(16)17(23-24)18(19,20)21/h2-3,8,13H,4-7,9H2,1H3,(H,22,25). The van der Waals surface area contributed by atoms with Gasteiger partial charge in [-0.25, -0.2) is 4.68 Å². The van der Waals surface area contributed by atoms with Crippen LogP contribution in [0.5, 0.6) is 0 Å². The number of benzene rings is 1. The van der Waals surface area contributed by atoms with Crippen molar-refractivity contribution in [1.82, 2.24) is 15.1 Å². The van der Waals surface area contributed by atoms with E-state index in [0.717, 1.165) is 17.5 Å². The summed E-state index contributed by atoms with van der Waals surface area (Å²) >= 11 is 0. The molecule has 1 aromatic carbocycles. The molecule has 8 heteroatoms. The minimum atomic E-state index is -4.51. The molecule has 1 N–H and O–H groups in total. The third-order valence-corrected chi connectivity index (χ3v) is 4.86. The largest absolute Gasteiger partial charge is 0.435 e. The molecule has 0 saturated carbocycles. The van der Waals surface area contributed by atoms with Crippen molar-refractivity contribution in [2.24, 2.45) is 0 Å². The summed E-state index contributed by atoms with van der Waals surface area (Å²) in [5, 5.41) is 6.76. The van der Waals surface area contributed by atoms with Gasteiger partial charge in [-0.2, -0.15) is 18.3 Å². The number of fused-ring (bicyclic) bond motifs is 2. The molecule has 1 aliphatic carbocycles. The zero-order valence-corrected chi connectivity index (χ0v) is 14.2. The Labute approximate surface area is 148 Å². The number of alkyl halides is 3. The van der Waals surface area contributed by atoms with Crippen molar-refractivity contribution in [2.45, 2.75) is 45.0 Å². The number of carbonyl (C=O) groups is 1. The summed E-state index contributed by atoms with van der Waals surface area (Å²) in [6.45, 7) is 1.79. The Balaban J connectivity index is 1.72. The molecule has 1 atom stereocenters. The first-order valence-corrected chi connectivity index (χ1v) is 8.48. The summed E-state index contributed by atoms with van der Waals surface area (Å²) in [6, 6.07) is 5.61. The maximum atomic E-state index is 13.3. The van der Waals surface area contributed by atoms with Gasteiger partial charge in [0.05, 0.1) is 24.6 Å². The lowest BCUT2D eigenvalue weighted by Gasteiger charge is -2.16. The summed E-state index contributed by atoms with van der Waals surface area (Å²) in [6.07, 6.45) is -2.72. The number of aromatic nitrogens is 2. The van der Waals surface area contributed by atoms with E-state index in [-0.39, 0.29) is 24.1 Å². The van der Waals surface area contributed by atoms with Gasteiger partial charge in [0, 0.05) is 24.9 Å². The Hall–Kier alpha value is -2.35. The number of halogens is 3. The topological polar surface area (TPSA) is 56.2 Å². The van der Waals surface area contributed by atoms with Crippen LogP contribution in [-0.2, 0) is 41.6 Å². The molecule has 0 spiro atoms. The average Bonchev–Trinajstić information content (AvgIpc) is 3.13. The van der Waals surface area contributed by atoms with Crippen molar-refractivity contribution in [3.05, 3.63) is 46.3 Å². The van der Waals surface area contributed by atoms with E-state index in [9.17, 15) is 18.0 Å². The van der Waals surface area contributed by atoms with Gasteiger partial charge in [-0.05, 0) is 36.1 Å². The third kappa shape index (κ3) is 2.98. The summed E-state index contributed by atoms with van der Waals surface area (Å²) in [7, 11) is 0. The molecule has 0 fully saturated rings. The highest BCUT2D eigenvalue weighted by Crippen LogP contribution is 2.36. The molecule has 1 amide bonds. The fourth-order valence-electron chi connectivity index (χ4n) is 3.80. The molecule has 2 aliphatic rings. The van der Waals surface area contributed by atoms with Crippen molar-refractivity contribution < 1.29 is 22.7 Å². The summed E-state index contributed by atoms with van der Waals surface area (Å²) < 4.78 is 46.6. The summed E-state index contributed by atoms with van der Waals surface area (Å²) in [4.78, 5) is 11.3. The number of hydrogen-bond acceptors (Lipinski definition) is 3. The first-order chi connectivity index (χ1) is 12.3. The van der Waals surface area contributed by atoms with Gasteiger partial charge in [-0.15, -0.1) is 0 Å². The molecule has 2 aromatic rings. The monoisotopic (exact) mass is 365 g/mol. The molecule has 4 rings (SSSR count).